The third-order valence-electron chi connectivity index (χ3n) is 3.36. The fraction of sp³-hybridized carbons (Fsp3) is 0.118. The Morgan fingerprint density at radius 3 is 2.71 bits per heavy atom. The van der Waals surface area contributed by atoms with Gasteiger partial charge in [0.05, 0.1) is 17.6 Å². The third kappa shape index (κ3) is 3.76. The molecule has 2 aromatic heterocycles. The highest BCUT2D eigenvalue weighted by atomic mass is 16.1. The SMILES string of the molecule is Cn1cc(Nc2cccc(NC(=O)c3cccc(CN)n3)c2)cn1. The minimum atomic E-state index is -0.274. The highest BCUT2D eigenvalue weighted by Crippen LogP contribution is 2.20. The minimum absolute atomic E-state index is 0.274. The zero-order chi connectivity index (χ0) is 16.9. The largest absolute Gasteiger partial charge is 0.353 e. The molecule has 0 spiro atoms. The van der Waals surface area contributed by atoms with Crippen molar-refractivity contribution in [1.29, 1.82) is 0 Å². The summed E-state index contributed by atoms with van der Waals surface area (Å²) in [6, 6.07) is 12.6. The van der Waals surface area contributed by atoms with Gasteiger partial charge in [-0.1, -0.05) is 12.1 Å². The summed E-state index contributed by atoms with van der Waals surface area (Å²) in [6.07, 6.45) is 3.60. The Labute approximate surface area is 139 Å². The Bertz CT molecular complexity index is 858. The zero-order valence-corrected chi connectivity index (χ0v) is 13.2. The number of aryl methyl sites for hydroxylation is 1. The maximum atomic E-state index is 12.3. The number of aromatic nitrogens is 3. The van der Waals surface area contributed by atoms with Crippen LogP contribution in [0.15, 0.2) is 54.9 Å². The van der Waals surface area contributed by atoms with Crippen LogP contribution in [0.25, 0.3) is 0 Å². The first kappa shape index (κ1) is 15.7. The van der Waals surface area contributed by atoms with E-state index in [2.05, 4.69) is 20.7 Å². The third-order valence-corrected chi connectivity index (χ3v) is 3.36. The van der Waals surface area contributed by atoms with Crippen molar-refractivity contribution in [2.75, 3.05) is 10.6 Å². The number of carbonyl (C=O) groups excluding carboxylic acids is 1. The maximum absolute atomic E-state index is 12.3. The molecule has 0 atom stereocenters. The predicted octanol–water partition coefficient (Wildman–Crippen LogP) is 2.27. The summed E-state index contributed by atoms with van der Waals surface area (Å²) in [4.78, 5) is 16.5. The van der Waals surface area contributed by atoms with Gasteiger partial charge in [0.2, 0.25) is 0 Å². The molecule has 0 fully saturated rings. The van der Waals surface area contributed by atoms with Crippen LogP contribution in [0.2, 0.25) is 0 Å². The van der Waals surface area contributed by atoms with Gasteiger partial charge in [0.1, 0.15) is 5.69 Å². The molecule has 7 nitrogen and oxygen atoms in total. The van der Waals surface area contributed by atoms with Crippen LogP contribution in [-0.2, 0) is 13.6 Å². The first-order valence-electron chi connectivity index (χ1n) is 7.47. The smallest absolute Gasteiger partial charge is 0.274 e. The van der Waals surface area contributed by atoms with Gasteiger partial charge in [0.15, 0.2) is 0 Å². The maximum Gasteiger partial charge on any atom is 0.274 e. The summed E-state index contributed by atoms with van der Waals surface area (Å²) in [5.74, 6) is -0.274. The Balaban J connectivity index is 1.72. The van der Waals surface area contributed by atoms with Gasteiger partial charge in [-0.25, -0.2) is 4.98 Å². The number of nitrogens with two attached hydrogens (primary N) is 1. The normalized spacial score (nSPS) is 10.4. The molecule has 0 aliphatic carbocycles. The van der Waals surface area contributed by atoms with Crippen LogP contribution in [0, 0.1) is 0 Å². The highest BCUT2D eigenvalue weighted by molar-refractivity contribution is 6.03. The second-order valence-electron chi connectivity index (χ2n) is 5.28. The second kappa shape index (κ2) is 6.93. The quantitative estimate of drug-likeness (QED) is 0.669. The monoisotopic (exact) mass is 322 g/mol. The number of anilines is 3. The lowest BCUT2D eigenvalue weighted by molar-refractivity contribution is 0.102. The highest BCUT2D eigenvalue weighted by Gasteiger charge is 2.08. The lowest BCUT2D eigenvalue weighted by atomic mass is 10.2. The predicted molar refractivity (Wildman–Crippen MR) is 93.0 cm³/mol. The molecule has 0 bridgehead atoms. The number of amides is 1. The van der Waals surface area contributed by atoms with Gasteiger partial charge in [-0.3, -0.25) is 9.48 Å². The number of hydrogen-bond donors (Lipinski definition) is 3. The Morgan fingerprint density at radius 2 is 1.96 bits per heavy atom. The Morgan fingerprint density at radius 1 is 1.17 bits per heavy atom. The van der Waals surface area contributed by atoms with Gasteiger partial charge in [0.25, 0.3) is 5.91 Å². The molecule has 0 radical (unpaired) electrons. The van der Waals surface area contributed by atoms with Crippen molar-refractivity contribution >= 4 is 23.0 Å². The van der Waals surface area contributed by atoms with E-state index in [1.165, 1.54) is 0 Å². The first-order chi connectivity index (χ1) is 11.6. The Hall–Kier alpha value is -3.19. The second-order valence-corrected chi connectivity index (χ2v) is 5.28. The molecule has 4 N–H and O–H groups in total. The summed E-state index contributed by atoms with van der Waals surface area (Å²) in [5, 5.41) is 10.2. The van der Waals surface area contributed by atoms with Crippen molar-refractivity contribution in [3.8, 4) is 0 Å². The van der Waals surface area contributed by atoms with E-state index in [1.807, 2.05) is 37.5 Å². The topological polar surface area (TPSA) is 97.9 Å². The molecule has 1 aromatic carbocycles. The van der Waals surface area contributed by atoms with E-state index in [4.69, 9.17) is 5.73 Å². The molecule has 7 heteroatoms. The molecule has 0 aliphatic rings. The van der Waals surface area contributed by atoms with E-state index in [0.717, 1.165) is 11.4 Å². The van der Waals surface area contributed by atoms with Crippen LogP contribution >= 0.6 is 0 Å². The van der Waals surface area contributed by atoms with E-state index >= 15 is 0 Å². The van der Waals surface area contributed by atoms with Crippen molar-refractivity contribution in [2.24, 2.45) is 12.8 Å². The Kier molecular flexibility index (Phi) is 4.53. The fourth-order valence-corrected chi connectivity index (χ4v) is 2.24. The lowest BCUT2D eigenvalue weighted by Crippen LogP contribution is -2.15. The van der Waals surface area contributed by atoms with E-state index in [1.54, 1.807) is 29.1 Å². The van der Waals surface area contributed by atoms with Crippen molar-refractivity contribution < 1.29 is 4.79 Å². The lowest BCUT2D eigenvalue weighted by Gasteiger charge is -2.08. The van der Waals surface area contributed by atoms with Crippen molar-refractivity contribution in [1.82, 2.24) is 14.8 Å². The van der Waals surface area contributed by atoms with Gasteiger partial charge >= 0.3 is 0 Å². The molecule has 0 unspecified atom stereocenters. The van der Waals surface area contributed by atoms with Gasteiger partial charge in [-0.05, 0) is 30.3 Å². The molecule has 0 aliphatic heterocycles. The summed E-state index contributed by atoms with van der Waals surface area (Å²) >= 11 is 0. The van der Waals surface area contributed by atoms with E-state index in [9.17, 15) is 4.79 Å². The molecular formula is C17H18N6O. The van der Waals surface area contributed by atoms with E-state index in [-0.39, 0.29) is 5.91 Å². The summed E-state index contributed by atoms with van der Waals surface area (Å²) in [7, 11) is 1.85. The number of rotatable bonds is 5. The van der Waals surface area contributed by atoms with Crippen LogP contribution < -0.4 is 16.4 Å². The van der Waals surface area contributed by atoms with Crippen LogP contribution in [0.1, 0.15) is 16.2 Å². The summed E-state index contributed by atoms with van der Waals surface area (Å²) in [6.45, 7) is 0.297. The summed E-state index contributed by atoms with van der Waals surface area (Å²) < 4.78 is 1.71. The van der Waals surface area contributed by atoms with Crippen LogP contribution in [0.4, 0.5) is 17.1 Å². The standard InChI is InChI=1S/C17H18N6O/c1-23-11-15(10-19-23)20-12-4-2-5-13(8-12)22-17(24)16-7-3-6-14(9-18)21-16/h2-8,10-11,20H,9,18H2,1H3,(H,22,24). The molecule has 1 amide bonds. The van der Waals surface area contributed by atoms with Crippen molar-refractivity contribution in [2.45, 2.75) is 6.54 Å². The molecule has 122 valence electrons. The van der Waals surface area contributed by atoms with Gasteiger partial charge in [0, 0.05) is 31.2 Å². The number of nitrogens with zero attached hydrogens (tertiary/aromatic N) is 3. The van der Waals surface area contributed by atoms with Crippen LogP contribution in [-0.4, -0.2) is 20.7 Å². The molecule has 3 aromatic rings. The number of hydrogen-bond acceptors (Lipinski definition) is 5. The summed E-state index contributed by atoms with van der Waals surface area (Å²) in [5.41, 5.74) is 8.97. The number of nitrogens with one attached hydrogen (secondary N) is 2. The van der Waals surface area contributed by atoms with Crippen molar-refractivity contribution in [3.63, 3.8) is 0 Å². The van der Waals surface area contributed by atoms with E-state index in [0.29, 0.717) is 23.6 Å². The fourth-order valence-electron chi connectivity index (χ4n) is 2.24. The molecule has 3 rings (SSSR count). The van der Waals surface area contributed by atoms with Crippen LogP contribution in [0.3, 0.4) is 0 Å². The first-order valence-corrected chi connectivity index (χ1v) is 7.47. The molecular weight excluding hydrogens is 304 g/mol. The van der Waals surface area contributed by atoms with E-state index < -0.39 is 0 Å². The van der Waals surface area contributed by atoms with Gasteiger partial charge in [-0.2, -0.15) is 5.10 Å². The zero-order valence-electron chi connectivity index (χ0n) is 13.2. The molecule has 0 saturated carbocycles. The molecule has 24 heavy (non-hydrogen) atoms. The van der Waals surface area contributed by atoms with Crippen molar-refractivity contribution in [3.05, 3.63) is 66.2 Å². The van der Waals surface area contributed by atoms with Crippen LogP contribution in [0.5, 0.6) is 0 Å². The molecule has 2 heterocycles. The van der Waals surface area contributed by atoms with Gasteiger partial charge in [-0.15, -0.1) is 0 Å². The minimum Gasteiger partial charge on any atom is -0.353 e. The average molecular weight is 322 g/mol. The van der Waals surface area contributed by atoms with Gasteiger partial charge < -0.3 is 16.4 Å². The number of carbonyl (C=O) groups is 1. The molecule has 0 saturated heterocycles. The number of pyridine rings is 1. The average Bonchev–Trinajstić information content (AvgIpc) is 3.00. The number of benzene rings is 1.